The van der Waals surface area contributed by atoms with E-state index >= 15 is 0 Å². The highest BCUT2D eigenvalue weighted by Crippen LogP contribution is 2.23. The normalized spacial score (nSPS) is 18.8. The molecule has 1 aromatic rings. The third-order valence-corrected chi connectivity index (χ3v) is 3.63. The van der Waals surface area contributed by atoms with Crippen molar-refractivity contribution in [1.29, 1.82) is 0 Å². The molecule has 1 heterocycles. The summed E-state index contributed by atoms with van der Waals surface area (Å²) in [6, 6.07) is 3.24. The smallest absolute Gasteiger partial charge is 0.328 e. The van der Waals surface area contributed by atoms with Crippen molar-refractivity contribution in [3.05, 3.63) is 34.6 Å². The van der Waals surface area contributed by atoms with Gasteiger partial charge in [-0.15, -0.1) is 0 Å². The van der Waals surface area contributed by atoms with Crippen molar-refractivity contribution < 1.29 is 18.7 Å². The van der Waals surface area contributed by atoms with Gasteiger partial charge in [0, 0.05) is 11.6 Å². The van der Waals surface area contributed by atoms with Gasteiger partial charge in [-0.1, -0.05) is 11.6 Å². The zero-order chi connectivity index (χ0) is 14.7. The minimum Gasteiger partial charge on any atom is -0.467 e. The number of piperidine rings is 1. The first kappa shape index (κ1) is 14.8. The first-order valence-corrected chi connectivity index (χ1v) is 6.76. The summed E-state index contributed by atoms with van der Waals surface area (Å²) in [5.41, 5.74) is -0.0785. The number of hydrogen-bond acceptors (Lipinski definition) is 3. The van der Waals surface area contributed by atoms with Gasteiger partial charge < -0.3 is 9.64 Å². The summed E-state index contributed by atoms with van der Waals surface area (Å²) in [6.07, 6.45) is 2.16. The number of likely N-dealkylation sites (tertiary alicyclic amines) is 1. The van der Waals surface area contributed by atoms with Gasteiger partial charge in [0.1, 0.15) is 11.9 Å². The zero-order valence-corrected chi connectivity index (χ0v) is 11.8. The van der Waals surface area contributed by atoms with Gasteiger partial charge in [0.25, 0.3) is 5.91 Å². The summed E-state index contributed by atoms with van der Waals surface area (Å²) in [5.74, 6) is -1.65. The Morgan fingerprint density at radius 1 is 1.40 bits per heavy atom. The molecule has 1 saturated heterocycles. The molecule has 0 saturated carbocycles. The molecule has 4 nitrogen and oxygen atoms in total. The van der Waals surface area contributed by atoms with Crippen molar-refractivity contribution in [2.24, 2.45) is 0 Å². The van der Waals surface area contributed by atoms with E-state index in [4.69, 9.17) is 16.3 Å². The van der Waals surface area contributed by atoms with Crippen LogP contribution in [0.15, 0.2) is 18.2 Å². The minimum absolute atomic E-state index is 0.0785. The fourth-order valence-electron chi connectivity index (χ4n) is 2.37. The third-order valence-electron chi connectivity index (χ3n) is 3.40. The number of esters is 1. The summed E-state index contributed by atoms with van der Waals surface area (Å²) < 4.78 is 18.5. The van der Waals surface area contributed by atoms with Gasteiger partial charge in [-0.25, -0.2) is 9.18 Å². The minimum atomic E-state index is -0.684. The van der Waals surface area contributed by atoms with Gasteiger partial charge in [-0.05, 0) is 37.5 Å². The van der Waals surface area contributed by atoms with Crippen LogP contribution in [0.4, 0.5) is 4.39 Å². The molecule has 1 aliphatic rings. The topological polar surface area (TPSA) is 46.6 Å². The van der Waals surface area contributed by atoms with Crippen LogP contribution in [0.25, 0.3) is 0 Å². The average Bonchev–Trinajstić information content (AvgIpc) is 2.46. The molecule has 2 rings (SSSR count). The fourth-order valence-corrected chi connectivity index (χ4v) is 2.53. The zero-order valence-electron chi connectivity index (χ0n) is 11.1. The number of halogens is 2. The van der Waals surface area contributed by atoms with E-state index in [2.05, 4.69) is 0 Å². The van der Waals surface area contributed by atoms with E-state index in [-0.39, 0.29) is 10.6 Å². The molecule has 0 spiro atoms. The Morgan fingerprint density at radius 3 is 2.80 bits per heavy atom. The van der Waals surface area contributed by atoms with Crippen molar-refractivity contribution in [2.75, 3.05) is 13.7 Å². The van der Waals surface area contributed by atoms with Gasteiger partial charge in [0.2, 0.25) is 0 Å². The highest BCUT2D eigenvalue weighted by atomic mass is 35.5. The lowest BCUT2D eigenvalue weighted by atomic mass is 10.0. The molecule has 20 heavy (non-hydrogen) atoms. The SMILES string of the molecule is COC(=O)[C@@H]1CCCCN1C(=O)c1ccc(Cl)cc1F. The van der Waals surface area contributed by atoms with Crippen LogP contribution >= 0.6 is 11.6 Å². The number of benzene rings is 1. The van der Waals surface area contributed by atoms with Gasteiger partial charge in [0.15, 0.2) is 0 Å². The fraction of sp³-hybridized carbons (Fsp3) is 0.429. The number of carbonyl (C=O) groups excluding carboxylic acids is 2. The third kappa shape index (κ3) is 2.93. The Labute approximate surface area is 121 Å². The molecule has 0 aliphatic carbocycles. The molecule has 0 aromatic heterocycles. The Bertz CT molecular complexity index is 535. The Balaban J connectivity index is 2.27. The van der Waals surface area contributed by atoms with Crippen LogP contribution in [-0.2, 0) is 9.53 Å². The Kier molecular flexibility index (Phi) is 4.60. The Morgan fingerprint density at radius 2 is 2.15 bits per heavy atom. The van der Waals surface area contributed by atoms with Crippen molar-refractivity contribution in [1.82, 2.24) is 4.90 Å². The van der Waals surface area contributed by atoms with Crippen molar-refractivity contribution >= 4 is 23.5 Å². The molecular formula is C14H15ClFNO3. The lowest BCUT2D eigenvalue weighted by Gasteiger charge is -2.33. The lowest BCUT2D eigenvalue weighted by molar-refractivity contribution is -0.147. The molecule has 1 fully saturated rings. The summed E-state index contributed by atoms with van der Waals surface area (Å²) in [4.78, 5) is 25.5. The second-order valence-corrected chi connectivity index (χ2v) is 5.09. The van der Waals surface area contributed by atoms with E-state index in [0.29, 0.717) is 13.0 Å². The molecule has 108 valence electrons. The van der Waals surface area contributed by atoms with Crippen LogP contribution in [0.3, 0.4) is 0 Å². The number of hydrogen-bond donors (Lipinski definition) is 0. The van der Waals surface area contributed by atoms with Gasteiger partial charge in [-0.3, -0.25) is 4.79 Å². The van der Waals surface area contributed by atoms with Crippen molar-refractivity contribution in [3.8, 4) is 0 Å². The molecule has 1 aromatic carbocycles. The van der Waals surface area contributed by atoms with E-state index in [1.807, 2.05) is 0 Å². The summed E-state index contributed by atoms with van der Waals surface area (Å²) in [5, 5.41) is 0.224. The first-order chi connectivity index (χ1) is 9.54. The van der Waals surface area contributed by atoms with Crippen molar-refractivity contribution in [3.63, 3.8) is 0 Å². The van der Waals surface area contributed by atoms with Gasteiger partial charge in [-0.2, -0.15) is 0 Å². The van der Waals surface area contributed by atoms with E-state index in [1.165, 1.54) is 24.1 Å². The monoisotopic (exact) mass is 299 g/mol. The van der Waals surface area contributed by atoms with E-state index < -0.39 is 23.7 Å². The van der Waals surface area contributed by atoms with Crippen LogP contribution in [0.5, 0.6) is 0 Å². The number of carbonyl (C=O) groups is 2. The molecule has 1 amide bonds. The predicted molar refractivity (Wildman–Crippen MR) is 72.1 cm³/mol. The second kappa shape index (κ2) is 6.22. The predicted octanol–water partition coefficient (Wildman–Crippen LogP) is 2.65. The first-order valence-electron chi connectivity index (χ1n) is 6.38. The molecule has 1 aliphatic heterocycles. The maximum absolute atomic E-state index is 13.8. The summed E-state index contributed by atoms with van der Waals surface area (Å²) >= 11 is 5.67. The van der Waals surface area contributed by atoms with Crippen LogP contribution in [0.1, 0.15) is 29.6 Å². The van der Waals surface area contributed by atoms with Crippen LogP contribution in [0.2, 0.25) is 5.02 Å². The van der Waals surface area contributed by atoms with Crippen LogP contribution in [0, 0.1) is 5.82 Å². The van der Waals surface area contributed by atoms with Crippen LogP contribution < -0.4 is 0 Å². The molecule has 0 bridgehead atoms. The summed E-state index contributed by atoms with van der Waals surface area (Å²) in [6.45, 7) is 0.417. The second-order valence-electron chi connectivity index (χ2n) is 4.66. The lowest BCUT2D eigenvalue weighted by Crippen LogP contribution is -2.48. The number of rotatable bonds is 2. The maximum Gasteiger partial charge on any atom is 0.328 e. The quantitative estimate of drug-likeness (QED) is 0.789. The molecule has 0 unspecified atom stereocenters. The average molecular weight is 300 g/mol. The highest BCUT2D eigenvalue weighted by Gasteiger charge is 2.34. The Hall–Kier alpha value is -1.62. The molecule has 6 heteroatoms. The van der Waals surface area contributed by atoms with E-state index in [0.717, 1.165) is 18.9 Å². The van der Waals surface area contributed by atoms with E-state index in [9.17, 15) is 14.0 Å². The number of amides is 1. The molecular weight excluding hydrogens is 285 g/mol. The molecule has 1 atom stereocenters. The van der Waals surface area contributed by atoms with Crippen molar-refractivity contribution in [2.45, 2.75) is 25.3 Å². The molecule has 0 N–H and O–H groups in total. The maximum atomic E-state index is 13.8. The van der Waals surface area contributed by atoms with Gasteiger partial charge in [0.05, 0.1) is 12.7 Å². The van der Waals surface area contributed by atoms with Crippen LogP contribution in [-0.4, -0.2) is 36.5 Å². The standard InChI is InChI=1S/C14H15ClFNO3/c1-20-14(19)12-4-2-3-7-17(12)13(18)10-6-5-9(15)8-11(10)16/h5-6,8,12H,2-4,7H2,1H3/t12-/m0/s1. The number of ether oxygens (including phenoxy) is 1. The summed E-state index contributed by atoms with van der Waals surface area (Å²) in [7, 11) is 1.28. The molecule has 0 radical (unpaired) electrons. The van der Waals surface area contributed by atoms with Gasteiger partial charge >= 0.3 is 5.97 Å². The highest BCUT2D eigenvalue weighted by molar-refractivity contribution is 6.30. The van der Waals surface area contributed by atoms with E-state index in [1.54, 1.807) is 0 Å². The largest absolute Gasteiger partial charge is 0.467 e. The number of methoxy groups -OCH3 is 1. The number of nitrogens with zero attached hydrogens (tertiary/aromatic N) is 1.